The van der Waals surface area contributed by atoms with Crippen LogP contribution in [0.5, 0.6) is 0 Å². The van der Waals surface area contributed by atoms with Crippen LogP contribution in [0.15, 0.2) is 71.9 Å². The maximum atomic E-state index is 13.3. The van der Waals surface area contributed by atoms with Crippen LogP contribution in [0.25, 0.3) is 5.57 Å². The van der Waals surface area contributed by atoms with Crippen molar-refractivity contribution in [2.45, 2.75) is 31.8 Å². The summed E-state index contributed by atoms with van der Waals surface area (Å²) >= 11 is 6.21. The smallest absolute Gasteiger partial charge is 0.254 e. The highest BCUT2D eigenvalue weighted by Crippen LogP contribution is 2.30. The zero-order chi connectivity index (χ0) is 21.6. The minimum absolute atomic E-state index is 0.0754. The Labute approximate surface area is 183 Å². The average Bonchev–Trinajstić information content (AvgIpc) is 2.75. The van der Waals surface area contributed by atoms with Gasteiger partial charge in [-0.25, -0.2) is 0 Å². The topological polar surface area (TPSA) is 52.9 Å². The zero-order valence-corrected chi connectivity index (χ0v) is 18.0. The molecule has 0 atom stereocenters. The van der Waals surface area contributed by atoms with E-state index in [1.54, 1.807) is 23.2 Å². The summed E-state index contributed by atoms with van der Waals surface area (Å²) in [6.45, 7) is 6.38. The van der Waals surface area contributed by atoms with E-state index >= 15 is 0 Å². The molecule has 156 valence electrons. The van der Waals surface area contributed by atoms with Gasteiger partial charge in [-0.2, -0.15) is 0 Å². The first-order chi connectivity index (χ1) is 14.5. The summed E-state index contributed by atoms with van der Waals surface area (Å²) in [5.41, 5.74) is 2.55. The van der Waals surface area contributed by atoms with Gasteiger partial charge in [0.15, 0.2) is 0 Å². The van der Waals surface area contributed by atoms with Gasteiger partial charge in [0.1, 0.15) is 0 Å². The predicted molar refractivity (Wildman–Crippen MR) is 124 cm³/mol. The quantitative estimate of drug-likeness (QED) is 0.516. The zero-order valence-electron chi connectivity index (χ0n) is 17.2. The van der Waals surface area contributed by atoms with Gasteiger partial charge in [0.05, 0.1) is 5.60 Å². The van der Waals surface area contributed by atoms with Crippen molar-refractivity contribution in [3.05, 3.63) is 88.6 Å². The molecule has 0 spiro atoms. The van der Waals surface area contributed by atoms with Crippen LogP contribution in [0.2, 0.25) is 5.02 Å². The Hall–Kier alpha value is -2.69. The number of aliphatic hydroxyl groups is 1. The minimum Gasteiger partial charge on any atom is -0.389 e. The number of rotatable bonds is 6. The normalized spacial score (nSPS) is 16.6. The largest absolute Gasteiger partial charge is 0.389 e. The lowest BCUT2D eigenvalue weighted by atomic mass is 9.85. The summed E-state index contributed by atoms with van der Waals surface area (Å²) < 4.78 is 0. The van der Waals surface area contributed by atoms with E-state index in [1.807, 2.05) is 55.5 Å². The molecular formula is C25H27ClN2O2. The van der Waals surface area contributed by atoms with Crippen LogP contribution in [-0.4, -0.2) is 41.3 Å². The van der Waals surface area contributed by atoms with Crippen LogP contribution < -0.4 is 0 Å². The third-order valence-electron chi connectivity index (χ3n) is 5.55. The van der Waals surface area contributed by atoms with Crippen molar-refractivity contribution in [2.75, 3.05) is 13.1 Å². The minimum atomic E-state index is -0.790. The number of hydrogen-bond donors (Lipinski definition) is 1. The van der Waals surface area contributed by atoms with Gasteiger partial charge in [0.25, 0.3) is 5.91 Å². The highest BCUT2D eigenvalue weighted by molar-refractivity contribution is 6.31. The van der Waals surface area contributed by atoms with Crippen molar-refractivity contribution in [3.63, 3.8) is 0 Å². The lowest BCUT2D eigenvalue weighted by Crippen LogP contribution is -2.47. The summed E-state index contributed by atoms with van der Waals surface area (Å²) in [6, 6.07) is 15.3. The third kappa shape index (κ3) is 5.26. The molecule has 0 unspecified atom stereocenters. The summed E-state index contributed by atoms with van der Waals surface area (Å²) in [4.78, 5) is 18.9. The van der Waals surface area contributed by atoms with E-state index in [0.717, 1.165) is 16.7 Å². The molecule has 1 N–H and O–H groups in total. The fourth-order valence-corrected chi connectivity index (χ4v) is 4.04. The monoisotopic (exact) mass is 422 g/mol. The van der Waals surface area contributed by atoms with Crippen LogP contribution >= 0.6 is 11.6 Å². The Morgan fingerprint density at radius 2 is 1.90 bits per heavy atom. The van der Waals surface area contributed by atoms with Crippen molar-refractivity contribution >= 4 is 29.8 Å². The van der Waals surface area contributed by atoms with Crippen LogP contribution in [0.3, 0.4) is 0 Å². The molecule has 1 heterocycles. The van der Waals surface area contributed by atoms with Crippen molar-refractivity contribution < 1.29 is 9.90 Å². The van der Waals surface area contributed by atoms with Gasteiger partial charge in [-0.1, -0.05) is 54.1 Å². The van der Waals surface area contributed by atoms with E-state index in [9.17, 15) is 9.90 Å². The predicted octanol–water partition coefficient (Wildman–Crippen LogP) is 5.17. The van der Waals surface area contributed by atoms with Gasteiger partial charge in [0.2, 0.25) is 0 Å². The van der Waals surface area contributed by atoms with Gasteiger partial charge in [-0.05, 0) is 61.4 Å². The molecule has 1 saturated heterocycles. The van der Waals surface area contributed by atoms with Gasteiger partial charge in [-0.3, -0.25) is 9.79 Å². The first kappa shape index (κ1) is 22.0. The molecule has 5 heteroatoms. The number of likely N-dealkylation sites (tertiary alicyclic amines) is 1. The fraction of sp³-hybridized carbons (Fsp3) is 0.280. The van der Waals surface area contributed by atoms with Gasteiger partial charge in [0, 0.05) is 36.3 Å². The maximum absolute atomic E-state index is 13.3. The number of amides is 1. The SMILES string of the molecule is C=N/C=C\C(=C/C)c1ccc(Cl)cc1C(=O)N1CCC(O)(Cc2ccccc2)CC1. The molecule has 1 fully saturated rings. The summed E-state index contributed by atoms with van der Waals surface area (Å²) in [5.74, 6) is -0.0754. The number of nitrogens with zero attached hydrogens (tertiary/aromatic N) is 2. The first-order valence-corrected chi connectivity index (χ1v) is 10.5. The number of aliphatic imine (C=N–C) groups is 1. The van der Waals surface area contributed by atoms with Gasteiger partial charge >= 0.3 is 0 Å². The van der Waals surface area contributed by atoms with E-state index < -0.39 is 5.60 Å². The second-order valence-corrected chi connectivity index (χ2v) is 8.05. The van der Waals surface area contributed by atoms with Crippen LogP contribution in [0, 0.1) is 0 Å². The van der Waals surface area contributed by atoms with Crippen LogP contribution in [0.4, 0.5) is 0 Å². The number of allylic oxidation sites excluding steroid dienone is 3. The molecule has 4 nitrogen and oxygen atoms in total. The van der Waals surface area contributed by atoms with Crippen LogP contribution in [0.1, 0.15) is 41.3 Å². The Morgan fingerprint density at radius 3 is 2.53 bits per heavy atom. The molecule has 1 aliphatic rings. The third-order valence-corrected chi connectivity index (χ3v) is 5.79. The number of piperidine rings is 1. The lowest BCUT2D eigenvalue weighted by molar-refractivity contribution is -0.0162. The summed E-state index contributed by atoms with van der Waals surface area (Å²) in [5, 5.41) is 11.5. The molecule has 0 radical (unpaired) electrons. The molecule has 1 amide bonds. The highest BCUT2D eigenvalue weighted by Gasteiger charge is 2.34. The number of carbonyl (C=O) groups is 1. The number of benzene rings is 2. The molecule has 2 aromatic carbocycles. The molecule has 0 aliphatic carbocycles. The first-order valence-electron chi connectivity index (χ1n) is 10.1. The molecule has 0 bridgehead atoms. The maximum Gasteiger partial charge on any atom is 0.254 e. The summed E-state index contributed by atoms with van der Waals surface area (Å²) in [6.07, 6.45) is 7.03. The molecule has 0 aromatic heterocycles. The second kappa shape index (κ2) is 9.88. The van der Waals surface area contributed by atoms with E-state index in [0.29, 0.717) is 42.9 Å². The van der Waals surface area contributed by atoms with Crippen molar-refractivity contribution in [1.82, 2.24) is 4.90 Å². The van der Waals surface area contributed by atoms with Crippen molar-refractivity contribution in [1.29, 1.82) is 0 Å². The highest BCUT2D eigenvalue weighted by atomic mass is 35.5. The Bertz CT molecular complexity index is 958. The molecule has 30 heavy (non-hydrogen) atoms. The van der Waals surface area contributed by atoms with Crippen molar-refractivity contribution in [2.24, 2.45) is 4.99 Å². The van der Waals surface area contributed by atoms with Crippen LogP contribution in [-0.2, 0) is 6.42 Å². The second-order valence-electron chi connectivity index (χ2n) is 7.61. The molecular weight excluding hydrogens is 396 g/mol. The van der Waals surface area contributed by atoms with E-state index in [2.05, 4.69) is 11.7 Å². The number of halogens is 1. The fourth-order valence-electron chi connectivity index (χ4n) is 3.87. The Balaban J connectivity index is 1.77. The number of carbonyl (C=O) groups excluding carboxylic acids is 1. The van der Waals surface area contributed by atoms with E-state index in [4.69, 9.17) is 11.6 Å². The molecule has 2 aromatic rings. The van der Waals surface area contributed by atoms with E-state index in [1.165, 1.54) is 0 Å². The number of hydrogen-bond acceptors (Lipinski definition) is 3. The van der Waals surface area contributed by atoms with Crippen molar-refractivity contribution in [3.8, 4) is 0 Å². The van der Waals surface area contributed by atoms with Gasteiger partial charge in [-0.15, -0.1) is 0 Å². The Morgan fingerprint density at radius 1 is 1.20 bits per heavy atom. The Kier molecular flexibility index (Phi) is 7.24. The molecule has 0 saturated carbocycles. The average molecular weight is 423 g/mol. The standard InChI is InChI=1S/C25H27ClN2O2/c1-3-20(11-14-27-2)22-10-9-21(26)17-23(22)24(29)28-15-12-25(30,13-16-28)18-19-7-5-4-6-8-19/h3-11,14,17,30H,2,12-13,15-16,18H2,1H3/b14-11-,20-3+. The van der Waals surface area contributed by atoms with E-state index in [-0.39, 0.29) is 5.91 Å². The molecule has 3 rings (SSSR count). The molecule has 1 aliphatic heterocycles. The van der Waals surface area contributed by atoms with Gasteiger partial charge < -0.3 is 10.0 Å². The lowest BCUT2D eigenvalue weighted by Gasteiger charge is -2.38. The summed E-state index contributed by atoms with van der Waals surface area (Å²) in [7, 11) is 0.